The molecular weight excluding hydrogens is 380 g/mol. The van der Waals surface area contributed by atoms with Gasteiger partial charge in [-0.05, 0) is 42.7 Å². The molecule has 4 rings (SSSR count). The van der Waals surface area contributed by atoms with Crippen molar-refractivity contribution in [3.63, 3.8) is 0 Å². The topological polar surface area (TPSA) is 59.8 Å². The molecule has 1 fully saturated rings. The number of halogens is 1. The molecule has 1 N–H and O–H groups in total. The molecule has 3 aromatic rings. The summed E-state index contributed by atoms with van der Waals surface area (Å²) in [5, 5.41) is 11.3. The molecule has 1 saturated carbocycles. The lowest BCUT2D eigenvalue weighted by molar-refractivity contribution is -0.122. The zero-order chi connectivity index (χ0) is 17.3. The van der Waals surface area contributed by atoms with Crippen molar-refractivity contribution in [2.24, 2.45) is 0 Å². The average molecular weight is 399 g/mol. The van der Waals surface area contributed by atoms with Crippen LogP contribution in [0.15, 0.2) is 53.0 Å². The minimum Gasteiger partial charge on any atom is -0.354 e. The van der Waals surface area contributed by atoms with Crippen LogP contribution in [0.1, 0.15) is 24.8 Å². The summed E-state index contributed by atoms with van der Waals surface area (Å²) in [4.78, 5) is 12.4. The third-order valence-corrected chi connectivity index (χ3v) is 5.58. The number of nitrogens with zero attached hydrogens (tertiary/aromatic N) is 3. The molecule has 0 unspecified atom stereocenters. The molecule has 1 heterocycles. The molecule has 0 spiro atoms. The lowest BCUT2D eigenvalue weighted by Gasteiger charge is -2.42. The maximum absolute atomic E-state index is 12.4. The lowest BCUT2D eigenvalue weighted by Crippen LogP contribution is -2.46. The Kier molecular flexibility index (Phi) is 4.29. The van der Waals surface area contributed by atoms with Gasteiger partial charge in [-0.15, -0.1) is 5.10 Å². The van der Waals surface area contributed by atoms with Gasteiger partial charge in [-0.25, -0.2) is 4.68 Å². The van der Waals surface area contributed by atoms with E-state index in [1.54, 1.807) is 4.68 Å². The van der Waals surface area contributed by atoms with Crippen LogP contribution in [-0.4, -0.2) is 27.4 Å². The van der Waals surface area contributed by atoms with E-state index >= 15 is 0 Å². The minimum absolute atomic E-state index is 0.0306. The first-order valence-corrected chi connectivity index (χ1v) is 9.27. The van der Waals surface area contributed by atoms with Crippen LogP contribution in [0.2, 0.25) is 0 Å². The highest BCUT2D eigenvalue weighted by molar-refractivity contribution is 9.10. The summed E-state index contributed by atoms with van der Waals surface area (Å²) in [6.45, 7) is 0.851. The van der Waals surface area contributed by atoms with Crippen LogP contribution in [0.4, 0.5) is 0 Å². The second-order valence-corrected chi connectivity index (χ2v) is 7.57. The highest BCUT2D eigenvalue weighted by Crippen LogP contribution is 2.43. The van der Waals surface area contributed by atoms with E-state index in [-0.39, 0.29) is 17.9 Å². The Balaban J connectivity index is 1.44. The van der Waals surface area contributed by atoms with E-state index < -0.39 is 0 Å². The van der Waals surface area contributed by atoms with Gasteiger partial charge >= 0.3 is 0 Å². The van der Waals surface area contributed by atoms with Gasteiger partial charge in [0.2, 0.25) is 5.91 Å². The number of nitrogens with one attached hydrogen (secondary N) is 1. The summed E-state index contributed by atoms with van der Waals surface area (Å²) in [6.07, 6.45) is 3.42. The van der Waals surface area contributed by atoms with Gasteiger partial charge in [0.25, 0.3) is 0 Å². The summed E-state index contributed by atoms with van der Waals surface area (Å²) >= 11 is 3.54. The summed E-state index contributed by atoms with van der Waals surface area (Å²) in [5.74, 6) is -0.0306. The van der Waals surface area contributed by atoms with Crippen molar-refractivity contribution >= 4 is 32.9 Å². The lowest BCUT2D eigenvalue weighted by atomic mass is 9.64. The number of rotatable bonds is 5. The smallest absolute Gasteiger partial charge is 0.241 e. The second-order valence-electron chi connectivity index (χ2n) is 6.66. The quantitative estimate of drug-likeness (QED) is 0.715. The van der Waals surface area contributed by atoms with E-state index in [1.807, 2.05) is 30.3 Å². The average Bonchev–Trinajstić information content (AvgIpc) is 2.97. The van der Waals surface area contributed by atoms with Crippen LogP contribution in [0.3, 0.4) is 0 Å². The Morgan fingerprint density at radius 2 is 2.04 bits per heavy atom. The Labute approximate surface area is 154 Å². The molecule has 0 radical (unpaired) electrons. The van der Waals surface area contributed by atoms with Crippen molar-refractivity contribution in [2.75, 3.05) is 6.54 Å². The first-order chi connectivity index (χ1) is 12.2. The molecule has 2 aromatic carbocycles. The zero-order valence-electron chi connectivity index (χ0n) is 13.8. The number of hydrogen-bond acceptors (Lipinski definition) is 3. The standard InChI is InChI=1S/C19H19BrN4O/c20-15-6-3-5-14(11-15)19(9-4-10-19)13-21-18(25)12-24-17-8-2-1-7-16(17)22-23-24/h1-3,5-8,11H,4,9-10,12-13H2,(H,21,25). The predicted molar refractivity (Wildman–Crippen MR) is 100 cm³/mol. The van der Waals surface area contributed by atoms with Gasteiger partial charge in [0.1, 0.15) is 12.1 Å². The fourth-order valence-electron chi connectivity index (χ4n) is 3.48. The van der Waals surface area contributed by atoms with Crippen LogP contribution in [0, 0.1) is 0 Å². The number of carbonyl (C=O) groups is 1. The highest BCUT2D eigenvalue weighted by atomic mass is 79.9. The third kappa shape index (κ3) is 3.18. The van der Waals surface area contributed by atoms with Gasteiger partial charge < -0.3 is 5.32 Å². The SMILES string of the molecule is O=C(Cn1nnc2ccccc21)NCC1(c2cccc(Br)c2)CCC1. The minimum atomic E-state index is -0.0306. The molecule has 6 heteroatoms. The van der Waals surface area contributed by atoms with Gasteiger partial charge in [0.15, 0.2) is 0 Å². The van der Waals surface area contributed by atoms with Crippen molar-refractivity contribution < 1.29 is 4.79 Å². The van der Waals surface area contributed by atoms with Crippen molar-refractivity contribution in [3.05, 3.63) is 58.6 Å². The van der Waals surface area contributed by atoms with Gasteiger partial charge in [0.05, 0.1) is 5.52 Å². The fourth-order valence-corrected chi connectivity index (χ4v) is 3.88. The van der Waals surface area contributed by atoms with E-state index in [9.17, 15) is 4.79 Å². The fraction of sp³-hybridized carbons (Fsp3) is 0.316. The molecular formula is C19H19BrN4O. The molecule has 1 aliphatic rings. The predicted octanol–water partition coefficient (Wildman–Crippen LogP) is 3.43. The maximum Gasteiger partial charge on any atom is 0.241 e. The van der Waals surface area contributed by atoms with Crippen molar-refractivity contribution in [1.29, 1.82) is 0 Å². The highest BCUT2D eigenvalue weighted by Gasteiger charge is 2.38. The second kappa shape index (κ2) is 6.59. The molecule has 0 atom stereocenters. The third-order valence-electron chi connectivity index (χ3n) is 5.09. The number of carbonyl (C=O) groups excluding carboxylic acids is 1. The van der Waals surface area contributed by atoms with Gasteiger partial charge in [-0.2, -0.15) is 0 Å². The van der Waals surface area contributed by atoms with Crippen LogP contribution in [-0.2, 0) is 16.8 Å². The number of hydrogen-bond donors (Lipinski definition) is 1. The van der Waals surface area contributed by atoms with Gasteiger partial charge in [0, 0.05) is 16.4 Å². The number of fused-ring (bicyclic) bond motifs is 1. The molecule has 1 amide bonds. The molecule has 0 aliphatic heterocycles. The summed E-state index contributed by atoms with van der Waals surface area (Å²) in [7, 11) is 0. The molecule has 0 saturated heterocycles. The van der Waals surface area contributed by atoms with E-state index in [2.05, 4.69) is 49.8 Å². The maximum atomic E-state index is 12.4. The first kappa shape index (κ1) is 16.3. The van der Waals surface area contributed by atoms with Crippen molar-refractivity contribution in [2.45, 2.75) is 31.2 Å². The zero-order valence-corrected chi connectivity index (χ0v) is 15.4. The molecule has 0 bridgehead atoms. The van der Waals surface area contributed by atoms with Crippen LogP contribution in [0.5, 0.6) is 0 Å². The Morgan fingerprint density at radius 1 is 1.20 bits per heavy atom. The van der Waals surface area contributed by atoms with Crippen LogP contribution >= 0.6 is 15.9 Å². The van der Waals surface area contributed by atoms with Crippen LogP contribution < -0.4 is 5.32 Å². The molecule has 5 nitrogen and oxygen atoms in total. The first-order valence-electron chi connectivity index (χ1n) is 8.47. The van der Waals surface area contributed by atoms with E-state index in [1.165, 1.54) is 12.0 Å². The van der Waals surface area contributed by atoms with Crippen molar-refractivity contribution in [1.82, 2.24) is 20.3 Å². The van der Waals surface area contributed by atoms with Gasteiger partial charge in [-0.1, -0.05) is 51.8 Å². The van der Waals surface area contributed by atoms with E-state index in [0.717, 1.165) is 28.3 Å². The largest absolute Gasteiger partial charge is 0.354 e. The summed E-state index contributed by atoms with van der Waals surface area (Å²) in [5.41, 5.74) is 3.03. The number of aromatic nitrogens is 3. The Bertz CT molecular complexity index is 916. The molecule has 128 valence electrons. The molecule has 1 aliphatic carbocycles. The summed E-state index contributed by atoms with van der Waals surface area (Å²) < 4.78 is 2.73. The van der Waals surface area contributed by atoms with E-state index in [4.69, 9.17) is 0 Å². The Morgan fingerprint density at radius 3 is 2.80 bits per heavy atom. The number of para-hydroxylation sites is 1. The molecule has 25 heavy (non-hydrogen) atoms. The molecule has 1 aromatic heterocycles. The number of benzene rings is 2. The summed E-state index contributed by atoms with van der Waals surface area (Å²) in [6, 6.07) is 16.1. The van der Waals surface area contributed by atoms with E-state index in [0.29, 0.717) is 6.54 Å². The number of amides is 1. The van der Waals surface area contributed by atoms with Crippen LogP contribution in [0.25, 0.3) is 11.0 Å². The van der Waals surface area contributed by atoms with Crippen molar-refractivity contribution in [3.8, 4) is 0 Å². The van der Waals surface area contributed by atoms with Gasteiger partial charge in [-0.3, -0.25) is 4.79 Å². The monoisotopic (exact) mass is 398 g/mol. The normalized spacial score (nSPS) is 15.7. The Hall–Kier alpha value is -2.21.